The maximum atomic E-state index is 11.5. The summed E-state index contributed by atoms with van der Waals surface area (Å²) >= 11 is 0. The van der Waals surface area contributed by atoms with E-state index < -0.39 is 23.9 Å². The normalized spacial score (nSPS) is 18.4. The van der Waals surface area contributed by atoms with Crippen molar-refractivity contribution < 1.29 is 16.8 Å². The summed E-state index contributed by atoms with van der Waals surface area (Å²) < 4.78 is 45.4. The number of hydrogen-bond donors (Lipinski definition) is 0. The second kappa shape index (κ2) is 5.01. The van der Waals surface area contributed by atoms with Gasteiger partial charge >= 0.3 is 0 Å². The zero-order valence-electron chi connectivity index (χ0n) is 8.97. The highest BCUT2D eigenvalue weighted by molar-refractivity contribution is 8.16. The standard InChI is InChI=1S/C8H6O4S2.C2H6.CH4/c1-6-13(9,10)7-4-2-3-5-8(7)14(6,11)12;1-2;/h2-5H,1H2;1-2H3;1H4. The molecule has 96 valence electrons. The van der Waals surface area contributed by atoms with E-state index in [0.29, 0.717) is 0 Å². The molecule has 17 heavy (non-hydrogen) atoms. The molecule has 0 bridgehead atoms. The van der Waals surface area contributed by atoms with Crippen LogP contribution in [0.2, 0.25) is 0 Å². The molecule has 1 aliphatic rings. The predicted octanol–water partition coefficient (Wildman–Crippen LogP) is 2.38. The van der Waals surface area contributed by atoms with Gasteiger partial charge in [-0.2, -0.15) is 0 Å². The fraction of sp³-hybridized carbons (Fsp3) is 0.273. The molecule has 1 aliphatic heterocycles. The van der Waals surface area contributed by atoms with Gasteiger partial charge in [0.05, 0.1) is 9.79 Å². The van der Waals surface area contributed by atoms with Gasteiger partial charge in [-0.1, -0.05) is 40.0 Å². The minimum absolute atomic E-state index is 0. The Labute approximate surface area is 103 Å². The smallest absolute Gasteiger partial charge is 0.218 e. The molecule has 0 saturated heterocycles. The van der Waals surface area contributed by atoms with Gasteiger partial charge in [-0.05, 0) is 12.1 Å². The molecule has 0 saturated carbocycles. The lowest BCUT2D eigenvalue weighted by atomic mass is 10.4. The highest BCUT2D eigenvalue weighted by atomic mass is 32.3. The van der Waals surface area contributed by atoms with E-state index in [-0.39, 0.29) is 17.2 Å². The maximum absolute atomic E-state index is 11.5. The number of rotatable bonds is 0. The molecule has 4 nitrogen and oxygen atoms in total. The summed E-state index contributed by atoms with van der Waals surface area (Å²) in [5.41, 5.74) is 0. The Hall–Kier alpha value is -1.14. The van der Waals surface area contributed by atoms with Gasteiger partial charge in [0.2, 0.25) is 19.7 Å². The van der Waals surface area contributed by atoms with Gasteiger partial charge < -0.3 is 0 Å². The number of sulfone groups is 2. The third-order valence-corrected chi connectivity index (χ3v) is 6.54. The topological polar surface area (TPSA) is 68.3 Å². The van der Waals surface area contributed by atoms with Gasteiger partial charge in [0.15, 0.2) is 4.24 Å². The molecule has 0 N–H and O–H groups in total. The zero-order chi connectivity index (χ0) is 12.6. The van der Waals surface area contributed by atoms with Crippen molar-refractivity contribution in [1.29, 1.82) is 0 Å². The molecule has 0 fully saturated rings. The summed E-state index contributed by atoms with van der Waals surface area (Å²) in [5.74, 6) is 0. The number of benzene rings is 1. The van der Waals surface area contributed by atoms with Crippen LogP contribution in [0.4, 0.5) is 0 Å². The highest BCUT2D eigenvalue weighted by Crippen LogP contribution is 2.38. The highest BCUT2D eigenvalue weighted by Gasteiger charge is 2.42. The van der Waals surface area contributed by atoms with Crippen LogP contribution in [0, 0.1) is 0 Å². The van der Waals surface area contributed by atoms with Gasteiger partial charge in [-0.15, -0.1) is 0 Å². The lowest BCUT2D eigenvalue weighted by Gasteiger charge is -1.91. The Morgan fingerprint density at radius 3 is 1.47 bits per heavy atom. The van der Waals surface area contributed by atoms with Gasteiger partial charge in [0.25, 0.3) is 0 Å². The summed E-state index contributed by atoms with van der Waals surface area (Å²) in [5, 5.41) is 0. The molecule has 1 aromatic carbocycles. The van der Waals surface area contributed by atoms with E-state index in [1.165, 1.54) is 24.3 Å². The van der Waals surface area contributed by atoms with Crippen LogP contribution in [-0.2, 0) is 19.7 Å². The molecule has 0 aliphatic carbocycles. The van der Waals surface area contributed by atoms with Gasteiger partial charge in [0, 0.05) is 0 Å². The van der Waals surface area contributed by atoms with Crippen molar-refractivity contribution in [1.82, 2.24) is 0 Å². The minimum Gasteiger partial charge on any atom is -0.218 e. The summed E-state index contributed by atoms with van der Waals surface area (Å²) in [7, 11) is -7.75. The maximum Gasteiger partial charge on any atom is 0.218 e. The molecule has 0 aromatic heterocycles. The second-order valence-corrected chi connectivity index (χ2v) is 6.96. The van der Waals surface area contributed by atoms with Gasteiger partial charge in [-0.25, -0.2) is 16.8 Å². The average Bonchev–Trinajstić information content (AvgIpc) is 2.42. The van der Waals surface area contributed by atoms with Crippen molar-refractivity contribution in [2.45, 2.75) is 31.1 Å². The van der Waals surface area contributed by atoms with E-state index in [4.69, 9.17) is 0 Å². The average molecular weight is 276 g/mol. The minimum atomic E-state index is -3.87. The van der Waals surface area contributed by atoms with Gasteiger partial charge in [0.1, 0.15) is 0 Å². The monoisotopic (exact) mass is 276 g/mol. The molecule has 1 heterocycles. The van der Waals surface area contributed by atoms with Crippen molar-refractivity contribution in [2.24, 2.45) is 0 Å². The molecule has 0 atom stereocenters. The molecule has 0 spiro atoms. The van der Waals surface area contributed by atoms with Crippen LogP contribution in [0.5, 0.6) is 0 Å². The van der Waals surface area contributed by atoms with Crippen molar-refractivity contribution in [3.8, 4) is 0 Å². The molecular formula is C11H16O4S2. The fourth-order valence-electron chi connectivity index (χ4n) is 1.28. The first-order valence-corrected chi connectivity index (χ1v) is 7.63. The largest absolute Gasteiger partial charge is 0.218 e. The number of fused-ring (bicyclic) bond motifs is 1. The van der Waals surface area contributed by atoms with E-state index in [1.54, 1.807) is 0 Å². The predicted molar refractivity (Wildman–Crippen MR) is 68.0 cm³/mol. The Balaban J connectivity index is 0.000000811. The molecule has 0 radical (unpaired) electrons. The van der Waals surface area contributed by atoms with Crippen LogP contribution in [0.3, 0.4) is 0 Å². The first kappa shape index (κ1) is 15.9. The van der Waals surface area contributed by atoms with Crippen LogP contribution in [0.15, 0.2) is 44.9 Å². The van der Waals surface area contributed by atoms with Crippen LogP contribution < -0.4 is 0 Å². The molecule has 6 heteroatoms. The van der Waals surface area contributed by atoms with E-state index in [1.807, 2.05) is 13.8 Å². The van der Waals surface area contributed by atoms with Crippen LogP contribution in [-0.4, -0.2) is 16.8 Å². The molecular weight excluding hydrogens is 260 g/mol. The molecule has 0 amide bonds. The van der Waals surface area contributed by atoms with E-state index >= 15 is 0 Å². The first-order valence-electron chi connectivity index (χ1n) is 4.66. The van der Waals surface area contributed by atoms with Crippen LogP contribution in [0.25, 0.3) is 0 Å². The van der Waals surface area contributed by atoms with E-state index in [9.17, 15) is 16.8 Å². The van der Waals surface area contributed by atoms with Crippen LogP contribution in [0.1, 0.15) is 21.3 Å². The Bertz CT molecular complexity index is 570. The van der Waals surface area contributed by atoms with E-state index in [0.717, 1.165) is 0 Å². The molecule has 1 aromatic rings. The Morgan fingerprint density at radius 2 is 1.18 bits per heavy atom. The SMILES string of the molecule is C.C=C1S(=O)(=O)c2ccccc2S1(=O)=O.CC. The van der Waals surface area contributed by atoms with E-state index in [2.05, 4.69) is 6.58 Å². The lowest BCUT2D eigenvalue weighted by Crippen LogP contribution is -2.01. The summed E-state index contributed by atoms with van der Waals surface area (Å²) in [4.78, 5) is -0.352. The Kier molecular flexibility index (Phi) is 4.68. The van der Waals surface area contributed by atoms with Crippen LogP contribution >= 0.6 is 0 Å². The lowest BCUT2D eigenvalue weighted by molar-refractivity contribution is 0.603. The fourth-order valence-corrected chi connectivity index (χ4v) is 5.31. The van der Waals surface area contributed by atoms with Crippen molar-refractivity contribution >= 4 is 19.7 Å². The number of hydrogen-bond acceptors (Lipinski definition) is 4. The third-order valence-electron chi connectivity index (χ3n) is 2.03. The second-order valence-electron chi connectivity index (χ2n) is 2.83. The zero-order valence-corrected chi connectivity index (χ0v) is 10.6. The molecule has 2 rings (SSSR count). The first-order chi connectivity index (χ1) is 7.38. The Morgan fingerprint density at radius 1 is 0.882 bits per heavy atom. The summed E-state index contributed by atoms with van der Waals surface area (Å²) in [6, 6.07) is 5.48. The van der Waals surface area contributed by atoms with Gasteiger partial charge in [-0.3, -0.25) is 0 Å². The quantitative estimate of drug-likeness (QED) is 0.729. The summed E-state index contributed by atoms with van der Waals surface area (Å²) in [6.45, 7) is 7.10. The van der Waals surface area contributed by atoms with Crippen molar-refractivity contribution in [3.05, 3.63) is 35.1 Å². The van der Waals surface area contributed by atoms with Crippen molar-refractivity contribution in [2.75, 3.05) is 0 Å². The molecule has 0 unspecified atom stereocenters. The summed E-state index contributed by atoms with van der Waals surface area (Å²) in [6.07, 6.45) is 0. The third kappa shape index (κ3) is 2.14. The van der Waals surface area contributed by atoms with Crippen molar-refractivity contribution in [3.63, 3.8) is 0 Å².